The monoisotopic (exact) mass is 482 g/mol. The van der Waals surface area contributed by atoms with E-state index < -0.39 is 0 Å². The van der Waals surface area contributed by atoms with Crippen molar-refractivity contribution in [1.29, 1.82) is 0 Å². The number of carbonyl (C=O) groups is 2. The maximum Gasteiger partial charge on any atom is 0.228 e. The molecule has 7 nitrogen and oxygen atoms in total. The standard InChI is InChI=1S/C26H31ClN4O3/c1-18(32)28-9-11-29(12-10-28)26(33)21-15-19-7-8-20(34-2)16-24(19)31-14-13-30(17-25(21)31)23-6-4-3-5-22(23)27/h3-8,16,21,25H,9-15,17H2,1-2H3/t21-,25-/m1/s1. The number of fused-ring (bicyclic) bond motifs is 3. The molecular formula is C26H31ClN4O3. The molecule has 2 aromatic carbocycles. The Morgan fingerprint density at radius 2 is 1.68 bits per heavy atom. The number of hydrogen-bond acceptors (Lipinski definition) is 5. The lowest BCUT2D eigenvalue weighted by atomic mass is 9.82. The summed E-state index contributed by atoms with van der Waals surface area (Å²) >= 11 is 6.53. The van der Waals surface area contributed by atoms with Crippen LogP contribution < -0.4 is 14.5 Å². The zero-order chi connectivity index (χ0) is 23.8. The van der Waals surface area contributed by atoms with E-state index in [4.69, 9.17) is 16.3 Å². The Labute approximate surface area is 205 Å². The van der Waals surface area contributed by atoms with Gasteiger partial charge in [0.15, 0.2) is 0 Å². The van der Waals surface area contributed by atoms with Crippen molar-refractivity contribution in [2.75, 3.05) is 62.7 Å². The molecule has 0 aromatic heterocycles. The van der Waals surface area contributed by atoms with E-state index in [9.17, 15) is 9.59 Å². The summed E-state index contributed by atoms with van der Waals surface area (Å²) in [6.07, 6.45) is 0.697. The van der Waals surface area contributed by atoms with Crippen LogP contribution in [0, 0.1) is 5.92 Å². The van der Waals surface area contributed by atoms with Gasteiger partial charge in [-0.05, 0) is 30.2 Å². The van der Waals surface area contributed by atoms with E-state index in [0.29, 0.717) is 32.6 Å². The second-order valence-electron chi connectivity index (χ2n) is 9.29. The van der Waals surface area contributed by atoms with E-state index in [1.807, 2.05) is 34.1 Å². The fourth-order valence-electron chi connectivity index (χ4n) is 5.59. The van der Waals surface area contributed by atoms with E-state index in [0.717, 1.165) is 41.8 Å². The smallest absolute Gasteiger partial charge is 0.228 e. The third-order valence-electron chi connectivity index (χ3n) is 7.47. The SMILES string of the molecule is COc1ccc2c(c1)N1CCN(c3ccccc3Cl)C[C@@H]1[C@H](C(=O)N1CCN(C(C)=O)CC1)C2. The molecule has 0 saturated carbocycles. The molecule has 3 aliphatic rings. The van der Waals surface area contributed by atoms with Crippen LogP contribution >= 0.6 is 11.6 Å². The molecule has 8 heteroatoms. The second-order valence-corrected chi connectivity index (χ2v) is 9.70. The molecule has 2 fully saturated rings. The average molecular weight is 483 g/mol. The lowest BCUT2D eigenvalue weighted by molar-refractivity contribution is -0.142. The number of hydrogen-bond donors (Lipinski definition) is 0. The van der Waals surface area contributed by atoms with E-state index in [2.05, 4.69) is 28.0 Å². The van der Waals surface area contributed by atoms with Gasteiger partial charge < -0.3 is 24.3 Å². The number of piperazine rings is 2. The van der Waals surface area contributed by atoms with Crippen LogP contribution in [0.4, 0.5) is 11.4 Å². The number of methoxy groups -OCH3 is 1. The van der Waals surface area contributed by atoms with Crippen molar-refractivity contribution in [1.82, 2.24) is 9.80 Å². The van der Waals surface area contributed by atoms with Gasteiger partial charge in [0.2, 0.25) is 11.8 Å². The zero-order valence-corrected chi connectivity index (χ0v) is 20.5. The average Bonchev–Trinajstić information content (AvgIpc) is 2.87. The lowest BCUT2D eigenvalue weighted by Gasteiger charge is -2.50. The van der Waals surface area contributed by atoms with Crippen molar-refractivity contribution in [3.05, 3.63) is 53.1 Å². The number of amides is 2. The van der Waals surface area contributed by atoms with Gasteiger partial charge >= 0.3 is 0 Å². The molecular weight excluding hydrogens is 452 g/mol. The number of benzene rings is 2. The number of para-hydroxylation sites is 1. The molecule has 2 amide bonds. The molecule has 2 atom stereocenters. The molecule has 5 rings (SSSR count). The molecule has 0 bridgehead atoms. The molecule has 0 spiro atoms. The van der Waals surface area contributed by atoms with E-state index in [-0.39, 0.29) is 23.8 Å². The van der Waals surface area contributed by atoms with Gasteiger partial charge in [0.25, 0.3) is 0 Å². The van der Waals surface area contributed by atoms with Crippen molar-refractivity contribution in [2.24, 2.45) is 5.92 Å². The highest BCUT2D eigenvalue weighted by Crippen LogP contribution is 2.40. The topological polar surface area (TPSA) is 56.3 Å². The van der Waals surface area contributed by atoms with Crippen molar-refractivity contribution in [3.63, 3.8) is 0 Å². The minimum Gasteiger partial charge on any atom is -0.497 e. The first-order chi connectivity index (χ1) is 16.5. The first kappa shape index (κ1) is 22.8. The minimum absolute atomic E-state index is 0.0305. The number of nitrogens with zero attached hydrogens (tertiary/aromatic N) is 4. The van der Waals surface area contributed by atoms with Gasteiger partial charge in [-0.3, -0.25) is 9.59 Å². The summed E-state index contributed by atoms with van der Waals surface area (Å²) in [4.78, 5) is 34.1. The lowest BCUT2D eigenvalue weighted by Crippen LogP contribution is -2.62. The maximum atomic E-state index is 13.9. The van der Waals surface area contributed by atoms with E-state index in [1.165, 1.54) is 5.56 Å². The Hall–Kier alpha value is -2.93. The summed E-state index contributed by atoms with van der Waals surface area (Å²) in [6, 6.07) is 14.1. The molecule has 0 unspecified atom stereocenters. The molecule has 3 heterocycles. The third-order valence-corrected chi connectivity index (χ3v) is 7.79. The predicted molar refractivity (Wildman–Crippen MR) is 134 cm³/mol. The third kappa shape index (κ3) is 4.17. The highest BCUT2D eigenvalue weighted by Gasteiger charge is 2.43. The summed E-state index contributed by atoms with van der Waals surface area (Å²) in [6.45, 7) is 6.32. The van der Waals surface area contributed by atoms with Crippen molar-refractivity contribution in [3.8, 4) is 5.75 Å². The van der Waals surface area contributed by atoms with Crippen LogP contribution in [0.2, 0.25) is 5.02 Å². The van der Waals surface area contributed by atoms with Gasteiger partial charge in [-0.2, -0.15) is 0 Å². The number of anilines is 2. The van der Waals surface area contributed by atoms with Crippen LogP contribution in [-0.2, 0) is 16.0 Å². The minimum atomic E-state index is -0.157. The molecule has 0 radical (unpaired) electrons. The molecule has 0 N–H and O–H groups in total. The van der Waals surface area contributed by atoms with Gasteiger partial charge in [-0.25, -0.2) is 0 Å². The van der Waals surface area contributed by atoms with Crippen LogP contribution in [0.25, 0.3) is 0 Å². The fourth-order valence-corrected chi connectivity index (χ4v) is 5.85. The van der Waals surface area contributed by atoms with Crippen LogP contribution in [0.3, 0.4) is 0 Å². The fraction of sp³-hybridized carbons (Fsp3) is 0.462. The van der Waals surface area contributed by atoms with Gasteiger partial charge in [0.05, 0.1) is 29.8 Å². The Morgan fingerprint density at radius 1 is 0.941 bits per heavy atom. The maximum absolute atomic E-state index is 13.9. The predicted octanol–water partition coefficient (Wildman–Crippen LogP) is 2.91. The van der Waals surface area contributed by atoms with Gasteiger partial charge in [0.1, 0.15) is 5.75 Å². The van der Waals surface area contributed by atoms with Crippen LogP contribution in [0.15, 0.2) is 42.5 Å². The Morgan fingerprint density at radius 3 is 2.38 bits per heavy atom. The van der Waals surface area contributed by atoms with Crippen molar-refractivity contribution in [2.45, 2.75) is 19.4 Å². The molecule has 3 aliphatic heterocycles. The first-order valence-corrected chi connectivity index (χ1v) is 12.3. The van der Waals surface area contributed by atoms with Gasteiger partial charge in [0, 0.05) is 64.5 Å². The van der Waals surface area contributed by atoms with Crippen molar-refractivity contribution >= 4 is 34.8 Å². The first-order valence-electron chi connectivity index (χ1n) is 11.9. The molecule has 0 aliphatic carbocycles. The van der Waals surface area contributed by atoms with Gasteiger partial charge in [-0.15, -0.1) is 0 Å². The summed E-state index contributed by atoms with van der Waals surface area (Å²) in [5.41, 5.74) is 3.36. The number of rotatable bonds is 3. The highest BCUT2D eigenvalue weighted by molar-refractivity contribution is 6.33. The Bertz CT molecular complexity index is 1090. The van der Waals surface area contributed by atoms with E-state index in [1.54, 1.807) is 14.0 Å². The molecule has 34 heavy (non-hydrogen) atoms. The summed E-state index contributed by atoms with van der Waals surface area (Å²) in [5.74, 6) is 0.924. The largest absolute Gasteiger partial charge is 0.497 e. The van der Waals surface area contributed by atoms with Crippen molar-refractivity contribution < 1.29 is 14.3 Å². The van der Waals surface area contributed by atoms with Crippen LogP contribution in [-0.4, -0.2) is 80.6 Å². The van der Waals surface area contributed by atoms with E-state index >= 15 is 0 Å². The summed E-state index contributed by atoms with van der Waals surface area (Å²) in [5, 5.41) is 0.733. The second kappa shape index (κ2) is 9.37. The normalized spacial score (nSPS) is 22.2. The Balaban J connectivity index is 1.44. The number of carbonyl (C=O) groups excluding carboxylic acids is 2. The molecule has 180 valence electrons. The zero-order valence-electron chi connectivity index (χ0n) is 19.7. The number of halogens is 1. The highest BCUT2D eigenvalue weighted by atomic mass is 35.5. The van der Waals surface area contributed by atoms with Crippen LogP contribution in [0.5, 0.6) is 5.75 Å². The van der Waals surface area contributed by atoms with Crippen LogP contribution in [0.1, 0.15) is 12.5 Å². The molecule has 2 saturated heterocycles. The quantitative estimate of drug-likeness (QED) is 0.673. The number of ether oxygens (including phenoxy) is 1. The summed E-state index contributed by atoms with van der Waals surface area (Å²) in [7, 11) is 1.68. The molecule has 2 aromatic rings. The summed E-state index contributed by atoms with van der Waals surface area (Å²) < 4.78 is 5.50. The Kier molecular flexibility index (Phi) is 6.30. The van der Waals surface area contributed by atoms with Gasteiger partial charge in [-0.1, -0.05) is 29.8 Å².